The average Bonchev–Trinajstić information content (AvgIpc) is 2.38. The van der Waals surface area contributed by atoms with Gasteiger partial charge >= 0.3 is 12.1 Å². The molecule has 0 aliphatic carbocycles. The first-order valence-electron chi connectivity index (χ1n) is 5.70. The SMILES string of the molecule is COC(=O)/C=C/c1cc(C)cc(C)c1NC(=O)OC. The minimum Gasteiger partial charge on any atom is -0.466 e. The molecule has 1 N–H and O–H groups in total. The van der Waals surface area contributed by atoms with Crippen molar-refractivity contribution in [2.24, 2.45) is 0 Å². The standard InChI is InChI=1S/C14H17NO4/c1-9-7-10(2)13(15-14(17)19-4)11(8-9)5-6-12(16)18-3/h5-8H,1-4H3,(H,15,17)/b6-5+. The summed E-state index contributed by atoms with van der Waals surface area (Å²) in [5, 5.41) is 2.63. The quantitative estimate of drug-likeness (QED) is 0.672. The van der Waals surface area contributed by atoms with Gasteiger partial charge in [-0.3, -0.25) is 5.32 Å². The van der Waals surface area contributed by atoms with Gasteiger partial charge in [0, 0.05) is 6.08 Å². The van der Waals surface area contributed by atoms with Crippen molar-refractivity contribution < 1.29 is 19.1 Å². The van der Waals surface area contributed by atoms with Crippen molar-refractivity contribution in [1.29, 1.82) is 0 Å². The summed E-state index contributed by atoms with van der Waals surface area (Å²) >= 11 is 0. The number of methoxy groups -OCH3 is 2. The number of aryl methyl sites for hydroxylation is 2. The smallest absolute Gasteiger partial charge is 0.411 e. The zero-order valence-corrected chi connectivity index (χ0v) is 11.4. The molecule has 5 nitrogen and oxygen atoms in total. The van der Waals surface area contributed by atoms with E-state index in [1.807, 2.05) is 26.0 Å². The Hall–Kier alpha value is -2.30. The molecular weight excluding hydrogens is 246 g/mol. The second kappa shape index (κ2) is 6.58. The summed E-state index contributed by atoms with van der Waals surface area (Å²) in [5.74, 6) is -0.455. The fraction of sp³-hybridized carbons (Fsp3) is 0.286. The molecule has 0 heterocycles. The minimum atomic E-state index is -0.556. The molecule has 1 rings (SSSR count). The van der Waals surface area contributed by atoms with E-state index in [1.54, 1.807) is 6.08 Å². The van der Waals surface area contributed by atoms with E-state index in [1.165, 1.54) is 20.3 Å². The lowest BCUT2D eigenvalue weighted by Gasteiger charge is -2.12. The molecule has 0 atom stereocenters. The first-order chi connectivity index (χ1) is 8.97. The number of carbonyl (C=O) groups excluding carboxylic acids is 2. The fourth-order valence-corrected chi connectivity index (χ4v) is 1.68. The summed E-state index contributed by atoms with van der Waals surface area (Å²) in [6.45, 7) is 3.80. The van der Waals surface area contributed by atoms with Crippen LogP contribution in [0.25, 0.3) is 6.08 Å². The molecule has 0 aliphatic heterocycles. The first kappa shape index (κ1) is 14.8. The van der Waals surface area contributed by atoms with Crippen LogP contribution in [0.15, 0.2) is 18.2 Å². The van der Waals surface area contributed by atoms with Gasteiger partial charge in [-0.1, -0.05) is 11.6 Å². The maximum absolute atomic E-state index is 11.3. The lowest BCUT2D eigenvalue weighted by molar-refractivity contribution is -0.134. The molecular formula is C14H17NO4. The second-order valence-corrected chi connectivity index (χ2v) is 4.02. The van der Waals surface area contributed by atoms with Crippen LogP contribution in [0.2, 0.25) is 0 Å². The maximum atomic E-state index is 11.3. The molecule has 0 aliphatic rings. The zero-order chi connectivity index (χ0) is 14.4. The Balaban J connectivity index is 3.16. The zero-order valence-electron chi connectivity index (χ0n) is 11.4. The first-order valence-corrected chi connectivity index (χ1v) is 5.70. The van der Waals surface area contributed by atoms with Crippen LogP contribution < -0.4 is 5.32 Å². The van der Waals surface area contributed by atoms with Crippen molar-refractivity contribution in [3.63, 3.8) is 0 Å². The van der Waals surface area contributed by atoms with Gasteiger partial charge in [0.2, 0.25) is 0 Å². The topological polar surface area (TPSA) is 64.6 Å². The highest BCUT2D eigenvalue weighted by Crippen LogP contribution is 2.24. The van der Waals surface area contributed by atoms with Crippen molar-refractivity contribution in [3.8, 4) is 0 Å². The van der Waals surface area contributed by atoms with Crippen molar-refractivity contribution in [3.05, 3.63) is 34.9 Å². The third-order valence-corrected chi connectivity index (χ3v) is 2.52. The number of nitrogens with one attached hydrogen (secondary N) is 1. The molecule has 19 heavy (non-hydrogen) atoms. The van der Waals surface area contributed by atoms with Gasteiger partial charge in [0.15, 0.2) is 0 Å². The number of ether oxygens (including phenoxy) is 2. The van der Waals surface area contributed by atoms with Gasteiger partial charge in [0.25, 0.3) is 0 Å². The Morgan fingerprint density at radius 1 is 1.16 bits per heavy atom. The number of hydrogen-bond donors (Lipinski definition) is 1. The molecule has 1 aromatic rings. The number of esters is 1. The van der Waals surface area contributed by atoms with E-state index in [9.17, 15) is 9.59 Å². The molecule has 0 unspecified atom stereocenters. The Morgan fingerprint density at radius 3 is 2.42 bits per heavy atom. The molecule has 0 aromatic heterocycles. The second-order valence-electron chi connectivity index (χ2n) is 4.02. The van der Waals surface area contributed by atoms with Gasteiger partial charge < -0.3 is 9.47 Å². The van der Waals surface area contributed by atoms with E-state index in [-0.39, 0.29) is 0 Å². The molecule has 1 amide bonds. The van der Waals surface area contributed by atoms with Crippen LogP contribution in [0.1, 0.15) is 16.7 Å². The lowest BCUT2D eigenvalue weighted by atomic mass is 10.0. The summed E-state index contributed by atoms with van der Waals surface area (Å²) in [7, 11) is 2.60. The maximum Gasteiger partial charge on any atom is 0.411 e. The molecule has 5 heteroatoms. The lowest BCUT2D eigenvalue weighted by Crippen LogP contribution is -2.13. The monoisotopic (exact) mass is 263 g/mol. The molecule has 1 aromatic carbocycles. The fourth-order valence-electron chi connectivity index (χ4n) is 1.68. The summed E-state index contributed by atoms with van der Waals surface area (Å²) in [6.07, 6.45) is 2.34. The Bertz CT molecular complexity index is 520. The third kappa shape index (κ3) is 4.13. The van der Waals surface area contributed by atoms with Crippen LogP contribution in [0.4, 0.5) is 10.5 Å². The van der Waals surface area contributed by atoms with E-state index in [2.05, 4.69) is 14.8 Å². The highest BCUT2D eigenvalue weighted by molar-refractivity contribution is 5.92. The number of hydrogen-bond acceptors (Lipinski definition) is 4. The average molecular weight is 263 g/mol. The molecule has 0 bridgehead atoms. The van der Waals surface area contributed by atoms with Gasteiger partial charge in [-0.25, -0.2) is 9.59 Å². The van der Waals surface area contributed by atoms with Crippen LogP contribution >= 0.6 is 0 Å². The van der Waals surface area contributed by atoms with E-state index < -0.39 is 12.1 Å². The Morgan fingerprint density at radius 2 is 1.84 bits per heavy atom. The van der Waals surface area contributed by atoms with Gasteiger partial charge in [-0.15, -0.1) is 0 Å². The number of anilines is 1. The number of amides is 1. The van der Waals surface area contributed by atoms with Crippen LogP contribution in [0.3, 0.4) is 0 Å². The van der Waals surface area contributed by atoms with Gasteiger partial charge in [0.1, 0.15) is 0 Å². The van der Waals surface area contributed by atoms with Gasteiger partial charge in [-0.2, -0.15) is 0 Å². The van der Waals surface area contributed by atoms with Crippen molar-refractivity contribution in [2.45, 2.75) is 13.8 Å². The third-order valence-electron chi connectivity index (χ3n) is 2.52. The predicted octanol–water partition coefficient (Wildman–Crippen LogP) is 2.67. The van der Waals surface area contributed by atoms with Crippen LogP contribution in [-0.2, 0) is 14.3 Å². The number of carbonyl (C=O) groups is 2. The highest BCUT2D eigenvalue weighted by atomic mass is 16.5. The summed E-state index contributed by atoms with van der Waals surface area (Å²) in [6, 6.07) is 3.79. The highest BCUT2D eigenvalue weighted by Gasteiger charge is 2.09. The largest absolute Gasteiger partial charge is 0.466 e. The molecule has 102 valence electrons. The van der Waals surface area contributed by atoms with Gasteiger partial charge in [0.05, 0.1) is 19.9 Å². The molecule has 0 radical (unpaired) electrons. The van der Waals surface area contributed by atoms with E-state index >= 15 is 0 Å². The summed E-state index contributed by atoms with van der Waals surface area (Å²) in [4.78, 5) is 22.4. The Labute approximate surface area is 112 Å². The molecule has 0 spiro atoms. The van der Waals surface area contributed by atoms with Crippen LogP contribution in [0, 0.1) is 13.8 Å². The van der Waals surface area contributed by atoms with Crippen molar-refractivity contribution >= 4 is 23.8 Å². The summed E-state index contributed by atoms with van der Waals surface area (Å²) < 4.78 is 9.11. The normalized spacial score (nSPS) is 10.3. The van der Waals surface area contributed by atoms with E-state index in [0.717, 1.165) is 11.1 Å². The van der Waals surface area contributed by atoms with E-state index in [4.69, 9.17) is 0 Å². The molecule has 0 saturated heterocycles. The number of rotatable bonds is 3. The minimum absolute atomic E-state index is 0.455. The van der Waals surface area contributed by atoms with Crippen molar-refractivity contribution in [2.75, 3.05) is 19.5 Å². The molecule has 0 saturated carbocycles. The van der Waals surface area contributed by atoms with Crippen LogP contribution in [0.5, 0.6) is 0 Å². The molecule has 0 fully saturated rings. The van der Waals surface area contributed by atoms with Gasteiger partial charge in [-0.05, 0) is 37.1 Å². The predicted molar refractivity (Wildman–Crippen MR) is 73.0 cm³/mol. The Kier molecular flexibility index (Phi) is 5.11. The number of benzene rings is 1. The van der Waals surface area contributed by atoms with Crippen LogP contribution in [-0.4, -0.2) is 26.3 Å². The summed E-state index contributed by atoms with van der Waals surface area (Å²) in [5.41, 5.74) is 3.23. The van der Waals surface area contributed by atoms with Crippen molar-refractivity contribution in [1.82, 2.24) is 0 Å². The van der Waals surface area contributed by atoms with E-state index in [0.29, 0.717) is 11.3 Å².